The first-order valence-electron chi connectivity index (χ1n) is 6.37. The molecule has 0 radical (unpaired) electrons. The largest absolute Gasteiger partial charge is 0.374 e. The minimum atomic E-state index is -0.789. The van der Waals surface area contributed by atoms with Crippen LogP contribution in [0.3, 0.4) is 0 Å². The fourth-order valence-electron chi connectivity index (χ4n) is 2.49. The molecule has 1 aromatic rings. The lowest BCUT2D eigenvalue weighted by molar-refractivity contribution is 0.0335. The van der Waals surface area contributed by atoms with Gasteiger partial charge in [-0.1, -0.05) is 12.1 Å². The van der Waals surface area contributed by atoms with Gasteiger partial charge in [-0.05, 0) is 44.9 Å². The first kappa shape index (κ1) is 13.4. The summed E-state index contributed by atoms with van der Waals surface area (Å²) in [5, 5.41) is 3.15. The van der Waals surface area contributed by atoms with Gasteiger partial charge in [0.2, 0.25) is 0 Å². The first-order valence-corrected chi connectivity index (χ1v) is 6.37. The van der Waals surface area contributed by atoms with Crippen LogP contribution in [0.5, 0.6) is 0 Å². The second-order valence-electron chi connectivity index (χ2n) is 4.87. The molecule has 0 spiro atoms. The van der Waals surface area contributed by atoms with Crippen molar-refractivity contribution >= 4 is 0 Å². The van der Waals surface area contributed by atoms with Crippen molar-refractivity contribution in [2.24, 2.45) is 0 Å². The second kappa shape index (κ2) is 5.76. The number of nitrogens with one attached hydrogen (secondary N) is 1. The van der Waals surface area contributed by atoms with Gasteiger partial charge in [0.25, 0.3) is 0 Å². The monoisotopic (exact) mass is 255 g/mol. The van der Waals surface area contributed by atoms with Crippen LogP contribution in [0, 0.1) is 11.6 Å². The maximum absolute atomic E-state index is 13.6. The molecular formula is C14H19F2NO. The molecule has 0 amide bonds. The van der Waals surface area contributed by atoms with Crippen LogP contribution >= 0.6 is 0 Å². The molecule has 0 aromatic heterocycles. The molecule has 1 aliphatic rings. The van der Waals surface area contributed by atoms with Gasteiger partial charge < -0.3 is 10.1 Å². The van der Waals surface area contributed by atoms with Gasteiger partial charge in [0, 0.05) is 6.04 Å². The summed E-state index contributed by atoms with van der Waals surface area (Å²) in [6.45, 7) is 2.04. The number of ether oxygens (including phenoxy) is 1. The van der Waals surface area contributed by atoms with E-state index in [1.165, 1.54) is 0 Å². The molecule has 1 saturated heterocycles. The highest BCUT2D eigenvalue weighted by atomic mass is 19.2. The Morgan fingerprint density at radius 1 is 1.39 bits per heavy atom. The summed E-state index contributed by atoms with van der Waals surface area (Å²) in [4.78, 5) is 0. The SMILES string of the molecule is CNC(Cc1cccc(F)c1F)C1CCC(C)O1. The van der Waals surface area contributed by atoms with Crippen LogP contribution in [0.4, 0.5) is 8.78 Å². The zero-order valence-electron chi connectivity index (χ0n) is 10.7. The number of hydrogen-bond acceptors (Lipinski definition) is 2. The first-order chi connectivity index (χ1) is 8.61. The molecule has 0 saturated carbocycles. The van der Waals surface area contributed by atoms with Crippen molar-refractivity contribution < 1.29 is 13.5 Å². The zero-order valence-corrected chi connectivity index (χ0v) is 10.7. The van der Waals surface area contributed by atoms with Gasteiger partial charge >= 0.3 is 0 Å². The van der Waals surface area contributed by atoms with Crippen molar-refractivity contribution in [1.29, 1.82) is 0 Å². The zero-order chi connectivity index (χ0) is 13.1. The smallest absolute Gasteiger partial charge is 0.162 e. The topological polar surface area (TPSA) is 21.3 Å². The molecule has 1 fully saturated rings. The molecule has 2 nitrogen and oxygen atoms in total. The third-order valence-electron chi connectivity index (χ3n) is 3.56. The number of hydrogen-bond donors (Lipinski definition) is 1. The van der Waals surface area contributed by atoms with E-state index in [1.807, 2.05) is 14.0 Å². The summed E-state index contributed by atoms with van der Waals surface area (Å²) in [5.41, 5.74) is 0.400. The van der Waals surface area contributed by atoms with Crippen LogP contribution in [-0.4, -0.2) is 25.3 Å². The summed E-state index contributed by atoms with van der Waals surface area (Å²) >= 11 is 0. The van der Waals surface area contributed by atoms with E-state index < -0.39 is 11.6 Å². The van der Waals surface area contributed by atoms with Crippen molar-refractivity contribution in [1.82, 2.24) is 5.32 Å². The molecule has 100 valence electrons. The molecule has 1 aliphatic heterocycles. The Kier molecular flexibility index (Phi) is 4.30. The fraction of sp³-hybridized carbons (Fsp3) is 0.571. The van der Waals surface area contributed by atoms with E-state index in [0.717, 1.165) is 18.9 Å². The van der Waals surface area contributed by atoms with Crippen LogP contribution in [0.2, 0.25) is 0 Å². The Morgan fingerprint density at radius 3 is 2.78 bits per heavy atom. The third-order valence-corrected chi connectivity index (χ3v) is 3.56. The van der Waals surface area contributed by atoms with Crippen LogP contribution < -0.4 is 5.32 Å². The lowest BCUT2D eigenvalue weighted by Crippen LogP contribution is -2.39. The number of rotatable bonds is 4. The van der Waals surface area contributed by atoms with E-state index in [1.54, 1.807) is 12.1 Å². The molecule has 1 N–H and O–H groups in total. The molecule has 3 atom stereocenters. The Balaban J connectivity index is 2.08. The Bertz CT molecular complexity index is 411. The predicted molar refractivity (Wildman–Crippen MR) is 66.5 cm³/mol. The van der Waals surface area contributed by atoms with E-state index >= 15 is 0 Å². The molecule has 3 unspecified atom stereocenters. The summed E-state index contributed by atoms with van der Waals surface area (Å²) < 4.78 is 32.5. The second-order valence-corrected chi connectivity index (χ2v) is 4.87. The average Bonchev–Trinajstić information content (AvgIpc) is 2.78. The molecule has 0 bridgehead atoms. The van der Waals surface area contributed by atoms with Crippen LogP contribution in [-0.2, 0) is 11.2 Å². The highest BCUT2D eigenvalue weighted by Crippen LogP contribution is 2.24. The van der Waals surface area contributed by atoms with Gasteiger partial charge in [-0.25, -0.2) is 8.78 Å². The van der Waals surface area contributed by atoms with Gasteiger partial charge in [0.1, 0.15) is 0 Å². The molecule has 4 heteroatoms. The van der Waals surface area contributed by atoms with Crippen LogP contribution in [0.1, 0.15) is 25.3 Å². The highest BCUT2D eigenvalue weighted by Gasteiger charge is 2.29. The summed E-state index contributed by atoms with van der Waals surface area (Å²) in [6.07, 6.45) is 2.76. The molecule has 1 heterocycles. The van der Waals surface area contributed by atoms with Gasteiger partial charge in [-0.3, -0.25) is 0 Å². The molecule has 2 rings (SSSR count). The molecule has 0 aliphatic carbocycles. The van der Waals surface area contributed by atoms with E-state index in [0.29, 0.717) is 12.0 Å². The fourth-order valence-corrected chi connectivity index (χ4v) is 2.49. The summed E-state index contributed by atoms with van der Waals surface area (Å²) in [5.74, 6) is -1.54. The lowest BCUT2D eigenvalue weighted by atomic mass is 9.99. The van der Waals surface area contributed by atoms with Crippen LogP contribution in [0.15, 0.2) is 18.2 Å². The van der Waals surface area contributed by atoms with Gasteiger partial charge in [-0.15, -0.1) is 0 Å². The minimum Gasteiger partial charge on any atom is -0.374 e. The average molecular weight is 255 g/mol. The quantitative estimate of drug-likeness (QED) is 0.893. The van der Waals surface area contributed by atoms with E-state index in [2.05, 4.69) is 5.32 Å². The van der Waals surface area contributed by atoms with Crippen molar-refractivity contribution in [3.63, 3.8) is 0 Å². The Morgan fingerprint density at radius 2 is 2.17 bits per heavy atom. The van der Waals surface area contributed by atoms with Gasteiger partial charge in [0.05, 0.1) is 12.2 Å². The van der Waals surface area contributed by atoms with E-state index in [9.17, 15) is 8.78 Å². The van der Waals surface area contributed by atoms with Gasteiger partial charge in [0.15, 0.2) is 11.6 Å². The maximum atomic E-state index is 13.6. The number of halogens is 2. The number of benzene rings is 1. The molecule has 1 aromatic carbocycles. The molecular weight excluding hydrogens is 236 g/mol. The Hall–Kier alpha value is -1.00. The third kappa shape index (κ3) is 2.87. The van der Waals surface area contributed by atoms with Crippen molar-refractivity contribution in [3.8, 4) is 0 Å². The summed E-state index contributed by atoms with van der Waals surface area (Å²) in [6, 6.07) is 4.33. The highest BCUT2D eigenvalue weighted by molar-refractivity contribution is 5.20. The van der Waals surface area contributed by atoms with Crippen molar-refractivity contribution in [3.05, 3.63) is 35.4 Å². The number of likely N-dealkylation sites (N-methyl/N-ethyl adjacent to an activating group) is 1. The van der Waals surface area contributed by atoms with Crippen molar-refractivity contribution in [2.75, 3.05) is 7.05 Å². The normalized spacial score (nSPS) is 25.3. The van der Waals surface area contributed by atoms with Crippen LogP contribution in [0.25, 0.3) is 0 Å². The van der Waals surface area contributed by atoms with Crippen molar-refractivity contribution in [2.45, 2.75) is 44.4 Å². The van der Waals surface area contributed by atoms with Gasteiger partial charge in [-0.2, -0.15) is 0 Å². The van der Waals surface area contributed by atoms with E-state index in [-0.39, 0.29) is 18.2 Å². The lowest BCUT2D eigenvalue weighted by Gasteiger charge is -2.23. The maximum Gasteiger partial charge on any atom is 0.162 e. The van der Waals surface area contributed by atoms with E-state index in [4.69, 9.17) is 4.74 Å². The molecule has 18 heavy (non-hydrogen) atoms. The minimum absolute atomic E-state index is 0.0197. The predicted octanol–water partition coefficient (Wildman–Crippen LogP) is 2.66. The summed E-state index contributed by atoms with van der Waals surface area (Å²) in [7, 11) is 1.83. The standard InChI is InChI=1S/C14H19F2NO/c1-9-6-7-13(18-9)12(17-2)8-10-4-3-5-11(15)14(10)16/h3-5,9,12-13,17H,6-8H2,1-2H3. The Labute approximate surface area is 106 Å².